The lowest BCUT2D eigenvalue weighted by Gasteiger charge is -2.24. The standard InChI is InChI=1S/C17H21NO5S/c1-3-10-9-13(17(22)23-4-2)15(24-10)18-14(19)11-7-5-6-8-12(11)16(20)21/h5-6,9,11-12H,3-4,7-8H2,1-2H3,(H,18,19)(H,20,21). The first-order valence-electron chi connectivity index (χ1n) is 7.96. The lowest BCUT2D eigenvalue weighted by atomic mass is 9.82. The Morgan fingerprint density at radius 2 is 1.92 bits per heavy atom. The number of carbonyl (C=O) groups is 3. The van der Waals surface area contributed by atoms with E-state index in [0.29, 0.717) is 23.4 Å². The van der Waals surface area contributed by atoms with Crippen LogP contribution in [-0.4, -0.2) is 29.6 Å². The molecule has 0 bridgehead atoms. The van der Waals surface area contributed by atoms with Crippen LogP contribution in [0, 0.1) is 11.8 Å². The Morgan fingerprint density at radius 3 is 2.50 bits per heavy atom. The van der Waals surface area contributed by atoms with Gasteiger partial charge in [-0.05, 0) is 32.3 Å². The molecule has 1 aliphatic rings. The highest BCUT2D eigenvalue weighted by Gasteiger charge is 2.34. The summed E-state index contributed by atoms with van der Waals surface area (Å²) in [5.74, 6) is -3.23. The smallest absolute Gasteiger partial charge is 0.341 e. The summed E-state index contributed by atoms with van der Waals surface area (Å²) >= 11 is 1.32. The van der Waals surface area contributed by atoms with Gasteiger partial charge >= 0.3 is 11.9 Å². The first-order chi connectivity index (χ1) is 11.5. The van der Waals surface area contributed by atoms with Crippen LogP contribution in [0.15, 0.2) is 18.2 Å². The number of esters is 1. The molecule has 1 aromatic rings. The number of carboxylic acids is 1. The third kappa shape index (κ3) is 4.03. The van der Waals surface area contributed by atoms with Crippen LogP contribution in [0.2, 0.25) is 0 Å². The Morgan fingerprint density at radius 1 is 1.25 bits per heavy atom. The molecule has 2 rings (SSSR count). The van der Waals surface area contributed by atoms with Gasteiger partial charge in [0.1, 0.15) is 5.00 Å². The van der Waals surface area contributed by atoms with E-state index in [2.05, 4.69) is 5.32 Å². The summed E-state index contributed by atoms with van der Waals surface area (Å²) in [6, 6.07) is 1.72. The fourth-order valence-electron chi connectivity index (χ4n) is 2.65. The van der Waals surface area contributed by atoms with Crippen LogP contribution in [0.5, 0.6) is 0 Å². The van der Waals surface area contributed by atoms with Crippen molar-refractivity contribution in [2.24, 2.45) is 11.8 Å². The van der Waals surface area contributed by atoms with Crippen LogP contribution in [0.25, 0.3) is 0 Å². The first-order valence-corrected chi connectivity index (χ1v) is 8.78. The summed E-state index contributed by atoms with van der Waals surface area (Å²) in [6.07, 6.45) is 5.05. The van der Waals surface area contributed by atoms with E-state index in [0.717, 1.165) is 11.3 Å². The third-order valence-electron chi connectivity index (χ3n) is 3.95. The van der Waals surface area contributed by atoms with E-state index in [-0.39, 0.29) is 12.5 Å². The fraction of sp³-hybridized carbons (Fsp3) is 0.471. The molecule has 24 heavy (non-hydrogen) atoms. The van der Waals surface area contributed by atoms with Gasteiger partial charge in [0.2, 0.25) is 5.91 Å². The number of hydrogen-bond acceptors (Lipinski definition) is 5. The quantitative estimate of drug-likeness (QED) is 0.607. The SMILES string of the molecule is CCOC(=O)c1cc(CC)sc1NC(=O)C1CC=CCC1C(=O)O. The number of aryl methyl sites for hydroxylation is 1. The second kappa shape index (κ2) is 8.10. The van der Waals surface area contributed by atoms with E-state index in [9.17, 15) is 19.5 Å². The molecule has 1 heterocycles. The van der Waals surface area contributed by atoms with Crippen molar-refractivity contribution in [2.75, 3.05) is 11.9 Å². The molecule has 2 atom stereocenters. The van der Waals surface area contributed by atoms with Crippen molar-refractivity contribution in [3.8, 4) is 0 Å². The summed E-state index contributed by atoms with van der Waals surface area (Å²) in [6.45, 7) is 3.92. The van der Waals surface area contributed by atoms with Crippen molar-refractivity contribution < 1.29 is 24.2 Å². The van der Waals surface area contributed by atoms with Gasteiger partial charge < -0.3 is 15.2 Å². The van der Waals surface area contributed by atoms with Crippen LogP contribution in [-0.2, 0) is 20.7 Å². The van der Waals surface area contributed by atoms with Crippen molar-refractivity contribution in [3.63, 3.8) is 0 Å². The number of thiophene rings is 1. The molecule has 1 aromatic heterocycles. The maximum absolute atomic E-state index is 12.6. The number of ether oxygens (including phenoxy) is 1. The topological polar surface area (TPSA) is 92.7 Å². The summed E-state index contributed by atoms with van der Waals surface area (Å²) in [5, 5.41) is 12.5. The lowest BCUT2D eigenvalue weighted by Crippen LogP contribution is -2.34. The van der Waals surface area contributed by atoms with Crippen LogP contribution in [0.1, 0.15) is 41.9 Å². The monoisotopic (exact) mass is 351 g/mol. The van der Waals surface area contributed by atoms with Gasteiger partial charge in [0.25, 0.3) is 0 Å². The molecule has 6 nitrogen and oxygen atoms in total. The van der Waals surface area contributed by atoms with Gasteiger partial charge in [0.05, 0.1) is 24.0 Å². The van der Waals surface area contributed by atoms with E-state index >= 15 is 0 Å². The average molecular weight is 351 g/mol. The number of allylic oxidation sites excluding steroid dienone is 2. The van der Waals surface area contributed by atoms with Gasteiger partial charge in [-0.2, -0.15) is 0 Å². The predicted molar refractivity (Wildman–Crippen MR) is 91.3 cm³/mol. The Kier molecular flexibility index (Phi) is 6.14. The third-order valence-corrected chi connectivity index (χ3v) is 5.14. The van der Waals surface area contributed by atoms with Crippen molar-refractivity contribution in [2.45, 2.75) is 33.1 Å². The number of carboxylic acid groups (broad SMARTS) is 1. The Labute approximate surface area is 144 Å². The predicted octanol–water partition coefficient (Wildman–Crippen LogP) is 3.09. The second-order valence-electron chi connectivity index (χ2n) is 5.51. The summed E-state index contributed by atoms with van der Waals surface area (Å²) in [5.41, 5.74) is 0.324. The summed E-state index contributed by atoms with van der Waals surface area (Å²) in [7, 11) is 0. The minimum Gasteiger partial charge on any atom is -0.481 e. The highest BCUT2D eigenvalue weighted by Crippen LogP contribution is 2.32. The number of rotatable bonds is 6. The molecule has 0 aromatic carbocycles. The average Bonchev–Trinajstić information content (AvgIpc) is 2.98. The number of amides is 1. The van der Waals surface area contributed by atoms with Crippen molar-refractivity contribution >= 4 is 34.2 Å². The van der Waals surface area contributed by atoms with Gasteiger partial charge in [0.15, 0.2) is 0 Å². The molecule has 130 valence electrons. The van der Waals surface area contributed by atoms with Gasteiger partial charge in [0, 0.05) is 4.88 Å². The number of nitrogens with one attached hydrogen (secondary N) is 1. The molecule has 2 unspecified atom stereocenters. The van der Waals surface area contributed by atoms with Crippen molar-refractivity contribution in [1.29, 1.82) is 0 Å². The second-order valence-corrected chi connectivity index (χ2v) is 6.65. The van der Waals surface area contributed by atoms with Crippen molar-refractivity contribution in [1.82, 2.24) is 0 Å². The minimum atomic E-state index is -0.981. The van der Waals surface area contributed by atoms with E-state index in [4.69, 9.17) is 4.74 Å². The number of carbonyl (C=O) groups excluding carboxylic acids is 2. The zero-order valence-electron chi connectivity index (χ0n) is 13.7. The van der Waals surface area contributed by atoms with Crippen LogP contribution < -0.4 is 5.32 Å². The van der Waals surface area contributed by atoms with Crippen molar-refractivity contribution in [3.05, 3.63) is 28.7 Å². The zero-order chi connectivity index (χ0) is 17.7. The van der Waals surface area contributed by atoms with Gasteiger partial charge in [-0.15, -0.1) is 11.3 Å². The zero-order valence-corrected chi connectivity index (χ0v) is 14.5. The Bertz CT molecular complexity index is 664. The molecule has 1 amide bonds. The number of anilines is 1. The van der Waals surface area contributed by atoms with E-state index in [1.165, 1.54) is 11.3 Å². The Hall–Kier alpha value is -2.15. The van der Waals surface area contributed by atoms with E-state index in [1.54, 1.807) is 19.1 Å². The summed E-state index contributed by atoms with van der Waals surface area (Å²) in [4.78, 5) is 36.9. The first kappa shape index (κ1) is 18.2. The lowest BCUT2D eigenvalue weighted by molar-refractivity contribution is -0.146. The van der Waals surface area contributed by atoms with Gasteiger partial charge in [-0.1, -0.05) is 19.1 Å². The van der Waals surface area contributed by atoms with Gasteiger partial charge in [-0.3, -0.25) is 9.59 Å². The minimum absolute atomic E-state index is 0.248. The van der Waals surface area contributed by atoms with Crippen LogP contribution in [0.4, 0.5) is 5.00 Å². The maximum Gasteiger partial charge on any atom is 0.341 e. The Balaban J connectivity index is 2.21. The highest BCUT2D eigenvalue weighted by atomic mass is 32.1. The fourth-order valence-corrected chi connectivity index (χ4v) is 3.64. The van der Waals surface area contributed by atoms with Crippen LogP contribution in [0.3, 0.4) is 0 Å². The molecule has 0 saturated carbocycles. The molecule has 0 fully saturated rings. The molecule has 2 N–H and O–H groups in total. The number of hydrogen-bond donors (Lipinski definition) is 2. The molecule has 0 saturated heterocycles. The molecule has 0 aliphatic heterocycles. The highest BCUT2D eigenvalue weighted by molar-refractivity contribution is 7.16. The largest absolute Gasteiger partial charge is 0.481 e. The van der Waals surface area contributed by atoms with E-state index < -0.39 is 23.8 Å². The maximum atomic E-state index is 12.6. The molecule has 0 spiro atoms. The summed E-state index contributed by atoms with van der Waals surface area (Å²) < 4.78 is 5.02. The molecule has 7 heteroatoms. The van der Waals surface area contributed by atoms with Gasteiger partial charge in [-0.25, -0.2) is 4.79 Å². The molecule has 1 aliphatic carbocycles. The number of aliphatic carboxylic acids is 1. The molecular weight excluding hydrogens is 330 g/mol. The molecule has 0 radical (unpaired) electrons. The molecular formula is C17H21NO5S. The normalized spacial score (nSPS) is 19.8. The van der Waals surface area contributed by atoms with E-state index in [1.807, 2.05) is 13.0 Å². The van der Waals surface area contributed by atoms with Crippen LogP contribution >= 0.6 is 11.3 Å².